The fourth-order valence-electron chi connectivity index (χ4n) is 1.08. The van der Waals surface area contributed by atoms with Gasteiger partial charge < -0.3 is 0 Å². The Kier molecular flexibility index (Phi) is 1.18. The summed E-state index contributed by atoms with van der Waals surface area (Å²) in [4.78, 5) is 4.04. The Morgan fingerprint density at radius 1 is 1.50 bits per heavy atom. The molecule has 0 fully saturated rings. The lowest BCUT2D eigenvalue weighted by atomic mass is 10.4. The molecule has 2 rings (SSSR count). The second-order valence-corrected chi connectivity index (χ2v) is 2.37. The van der Waals surface area contributed by atoms with Crippen LogP contribution in [0.4, 0.5) is 0 Å². The molecule has 5 nitrogen and oxygen atoms in total. The molecule has 0 saturated heterocycles. The van der Waals surface area contributed by atoms with Crippen molar-refractivity contribution >= 4 is 0 Å². The van der Waals surface area contributed by atoms with Gasteiger partial charge in [-0.3, -0.25) is 5.84 Å². The lowest BCUT2D eigenvalue weighted by Crippen LogP contribution is -2.39. The number of nitrogens with zero attached hydrogens (tertiary/aromatic N) is 4. The van der Waals surface area contributed by atoms with E-state index in [-0.39, 0.29) is 0 Å². The SMILES string of the molecule is NN1CCn2ncnc2C1. The number of hydrogen-bond donors (Lipinski definition) is 1. The van der Waals surface area contributed by atoms with Crippen LogP contribution in [-0.2, 0) is 13.1 Å². The number of aromatic nitrogens is 3. The van der Waals surface area contributed by atoms with Gasteiger partial charge in [-0.25, -0.2) is 14.7 Å². The summed E-state index contributed by atoms with van der Waals surface area (Å²) in [5.41, 5.74) is 0. The molecular weight excluding hydrogens is 130 g/mol. The van der Waals surface area contributed by atoms with Crippen molar-refractivity contribution in [2.24, 2.45) is 5.84 Å². The number of hydrazine groups is 1. The first-order chi connectivity index (χ1) is 4.86. The zero-order valence-corrected chi connectivity index (χ0v) is 5.56. The smallest absolute Gasteiger partial charge is 0.142 e. The molecule has 0 atom stereocenters. The second-order valence-electron chi connectivity index (χ2n) is 2.37. The Hall–Kier alpha value is -0.940. The minimum absolute atomic E-state index is 0.708. The van der Waals surface area contributed by atoms with Crippen molar-refractivity contribution < 1.29 is 0 Å². The molecule has 0 spiro atoms. The highest BCUT2D eigenvalue weighted by Crippen LogP contribution is 2.02. The molecule has 1 aromatic heterocycles. The first-order valence-corrected chi connectivity index (χ1v) is 3.22. The number of rotatable bonds is 0. The van der Waals surface area contributed by atoms with E-state index in [1.54, 1.807) is 11.3 Å². The van der Waals surface area contributed by atoms with E-state index in [0.717, 1.165) is 18.9 Å². The molecule has 0 amide bonds. The minimum atomic E-state index is 0.708. The summed E-state index contributed by atoms with van der Waals surface area (Å²) >= 11 is 0. The first kappa shape index (κ1) is 5.82. The van der Waals surface area contributed by atoms with Crippen molar-refractivity contribution in [3.8, 4) is 0 Å². The van der Waals surface area contributed by atoms with Gasteiger partial charge in [-0.2, -0.15) is 5.10 Å². The van der Waals surface area contributed by atoms with E-state index >= 15 is 0 Å². The Bertz CT molecular complexity index is 230. The summed E-state index contributed by atoms with van der Waals surface area (Å²) in [6, 6.07) is 0. The highest BCUT2D eigenvalue weighted by molar-refractivity contribution is 4.86. The first-order valence-electron chi connectivity index (χ1n) is 3.22. The van der Waals surface area contributed by atoms with Crippen molar-refractivity contribution in [2.75, 3.05) is 6.54 Å². The Labute approximate surface area is 58.4 Å². The zero-order valence-electron chi connectivity index (χ0n) is 5.56. The summed E-state index contributed by atoms with van der Waals surface area (Å²) in [6.45, 7) is 2.42. The molecule has 0 saturated carbocycles. The third-order valence-corrected chi connectivity index (χ3v) is 1.64. The lowest BCUT2D eigenvalue weighted by molar-refractivity contribution is 0.215. The molecular formula is C5H9N5. The molecule has 1 aromatic rings. The molecule has 2 heterocycles. The highest BCUT2D eigenvalue weighted by Gasteiger charge is 2.13. The van der Waals surface area contributed by atoms with E-state index in [1.807, 2.05) is 4.68 Å². The quantitative estimate of drug-likeness (QED) is 0.467. The average molecular weight is 139 g/mol. The topological polar surface area (TPSA) is 60.0 Å². The summed E-state index contributed by atoms with van der Waals surface area (Å²) in [7, 11) is 0. The van der Waals surface area contributed by atoms with Crippen LogP contribution in [0.5, 0.6) is 0 Å². The van der Waals surface area contributed by atoms with Gasteiger partial charge in [0.15, 0.2) is 0 Å². The van der Waals surface area contributed by atoms with Crippen molar-refractivity contribution in [1.29, 1.82) is 0 Å². The van der Waals surface area contributed by atoms with E-state index in [4.69, 9.17) is 5.84 Å². The molecule has 2 N–H and O–H groups in total. The van der Waals surface area contributed by atoms with Crippen molar-refractivity contribution in [1.82, 2.24) is 19.8 Å². The van der Waals surface area contributed by atoms with Crippen LogP contribution in [0.2, 0.25) is 0 Å². The summed E-state index contributed by atoms with van der Waals surface area (Å²) in [6.07, 6.45) is 1.56. The fourth-order valence-corrected chi connectivity index (χ4v) is 1.08. The van der Waals surface area contributed by atoms with Crippen molar-refractivity contribution in [2.45, 2.75) is 13.1 Å². The fraction of sp³-hybridized carbons (Fsp3) is 0.600. The summed E-state index contributed by atoms with van der Waals surface area (Å²) in [5, 5.41) is 5.75. The average Bonchev–Trinajstić information content (AvgIpc) is 2.33. The van der Waals surface area contributed by atoms with Gasteiger partial charge in [-0.1, -0.05) is 0 Å². The molecule has 1 aliphatic rings. The van der Waals surface area contributed by atoms with Gasteiger partial charge in [0.2, 0.25) is 0 Å². The Morgan fingerprint density at radius 2 is 2.40 bits per heavy atom. The van der Waals surface area contributed by atoms with Crippen LogP contribution in [0.1, 0.15) is 5.82 Å². The largest absolute Gasteiger partial charge is 0.268 e. The molecule has 0 unspecified atom stereocenters. The predicted molar refractivity (Wildman–Crippen MR) is 34.6 cm³/mol. The van der Waals surface area contributed by atoms with Crippen LogP contribution >= 0.6 is 0 Å². The zero-order chi connectivity index (χ0) is 6.97. The molecule has 0 bridgehead atoms. The molecule has 1 aliphatic heterocycles. The predicted octanol–water partition coefficient (Wildman–Crippen LogP) is -1.03. The number of nitrogens with two attached hydrogens (primary N) is 1. The number of hydrogen-bond acceptors (Lipinski definition) is 4. The van der Waals surface area contributed by atoms with Gasteiger partial charge in [-0.05, 0) is 0 Å². The maximum atomic E-state index is 5.56. The van der Waals surface area contributed by atoms with Gasteiger partial charge in [0.05, 0.1) is 13.1 Å². The second kappa shape index (κ2) is 2.03. The molecule has 0 aliphatic carbocycles. The monoisotopic (exact) mass is 139 g/mol. The maximum Gasteiger partial charge on any atom is 0.142 e. The van der Waals surface area contributed by atoms with Gasteiger partial charge in [0, 0.05) is 6.54 Å². The van der Waals surface area contributed by atoms with Crippen LogP contribution in [0.25, 0.3) is 0 Å². The Morgan fingerprint density at radius 3 is 3.30 bits per heavy atom. The van der Waals surface area contributed by atoms with E-state index in [9.17, 15) is 0 Å². The van der Waals surface area contributed by atoms with E-state index in [1.165, 1.54) is 0 Å². The van der Waals surface area contributed by atoms with Crippen LogP contribution in [0, 0.1) is 0 Å². The maximum absolute atomic E-state index is 5.56. The molecule has 10 heavy (non-hydrogen) atoms. The standard InChI is InChI=1S/C5H9N5/c6-9-1-2-10-5(3-9)7-4-8-10/h4H,1-3,6H2. The normalized spacial score (nSPS) is 18.9. The van der Waals surface area contributed by atoms with Crippen molar-refractivity contribution in [3.05, 3.63) is 12.2 Å². The van der Waals surface area contributed by atoms with Crippen molar-refractivity contribution in [3.63, 3.8) is 0 Å². The van der Waals surface area contributed by atoms with Crippen LogP contribution < -0.4 is 5.84 Å². The van der Waals surface area contributed by atoms with E-state index in [2.05, 4.69) is 10.1 Å². The molecule has 0 radical (unpaired) electrons. The van der Waals surface area contributed by atoms with Crippen LogP contribution in [0.15, 0.2) is 6.33 Å². The minimum Gasteiger partial charge on any atom is -0.268 e. The number of fused-ring (bicyclic) bond motifs is 1. The van der Waals surface area contributed by atoms with Gasteiger partial charge in [-0.15, -0.1) is 0 Å². The van der Waals surface area contributed by atoms with Crippen LogP contribution in [0.3, 0.4) is 0 Å². The Balaban J connectivity index is 2.30. The molecule has 5 heteroatoms. The van der Waals surface area contributed by atoms with Gasteiger partial charge in [0.25, 0.3) is 0 Å². The molecule has 0 aromatic carbocycles. The third-order valence-electron chi connectivity index (χ3n) is 1.64. The summed E-state index contributed by atoms with van der Waals surface area (Å²) < 4.78 is 1.88. The highest BCUT2D eigenvalue weighted by atomic mass is 15.5. The van der Waals surface area contributed by atoms with E-state index < -0.39 is 0 Å². The third kappa shape index (κ3) is 0.795. The van der Waals surface area contributed by atoms with Crippen LogP contribution in [-0.4, -0.2) is 26.3 Å². The van der Waals surface area contributed by atoms with Gasteiger partial charge in [0.1, 0.15) is 12.2 Å². The van der Waals surface area contributed by atoms with E-state index in [0.29, 0.717) is 6.54 Å². The molecule has 54 valence electrons. The van der Waals surface area contributed by atoms with Gasteiger partial charge >= 0.3 is 0 Å². The summed E-state index contributed by atoms with van der Waals surface area (Å²) in [5.74, 6) is 6.51. The lowest BCUT2D eigenvalue weighted by Gasteiger charge is -2.21.